The van der Waals surface area contributed by atoms with E-state index in [2.05, 4.69) is 24.4 Å². The van der Waals surface area contributed by atoms with Gasteiger partial charge in [0.25, 0.3) is 0 Å². The van der Waals surface area contributed by atoms with Gasteiger partial charge in [-0.2, -0.15) is 0 Å². The van der Waals surface area contributed by atoms with E-state index in [0.29, 0.717) is 24.7 Å². The van der Waals surface area contributed by atoms with E-state index in [9.17, 15) is 0 Å². The SMILES string of the molecule is CCOc1ccc(C(C)NCc2cc(OC)c(OC)cc2OC)cc1. The molecule has 5 heteroatoms. The molecule has 0 aliphatic carbocycles. The Labute approximate surface area is 149 Å². The van der Waals surface area contributed by atoms with Gasteiger partial charge in [0.2, 0.25) is 0 Å². The standard InChI is InChI=1S/C20H27NO4/c1-6-25-17-9-7-15(8-10-17)14(2)21-13-16-11-19(23-4)20(24-5)12-18(16)22-3/h7-12,14,21H,6,13H2,1-5H3. The molecule has 0 heterocycles. The Morgan fingerprint density at radius 2 is 1.48 bits per heavy atom. The van der Waals surface area contributed by atoms with Gasteiger partial charge in [-0.3, -0.25) is 0 Å². The summed E-state index contributed by atoms with van der Waals surface area (Å²) in [6.45, 7) is 5.43. The van der Waals surface area contributed by atoms with Gasteiger partial charge in [-0.1, -0.05) is 12.1 Å². The van der Waals surface area contributed by atoms with Gasteiger partial charge in [0.05, 0.1) is 27.9 Å². The van der Waals surface area contributed by atoms with E-state index in [0.717, 1.165) is 17.1 Å². The lowest BCUT2D eigenvalue weighted by Gasteiger charge is -2.18. The Balaban J connectivity index is 2.09. The van der Waals surface area contributed by atoms with Crippen LogP contribution in [0.15, 0.2) is 36.4 Å². The predicted octanol–water partition coefficient (Wildman–Crippen LogP) is 3.96. The van der Waals surface area contributed by atoms with Crippen molar-refractivity contribution < 1.29 is 18.9 Å². The fraction of sp³-hybridized carbons (Fsp3) is 0.400. The van der Waals surface area contributed by atoms with Crippen molar-refractivity contribution in [2.45, 2.75) is 26.4 Å². The van der Waals surface area contributed by atoms with E-state index >= 15 is 0 Å². The number of ether oxygens (including phenoxy) is 4. The van der Waals surface area contributed by atoms with E-state index in [1.807, 2.05) is 31.2 Å². The van der Waals surface area contributed by atoms with Crippen LogP contribution in [-0.4, -0.2) is 27.9 Å². The summed E-state index contributed by atoms with van der Waals surface area (Å²) in [6, 6.07) is 12.1. The molecule has 1 unspecified atom stereocenters. The molecule has 2 rings (SSSR count). The molecule has 0 radical (unpaired) electrons. The highest BCUT2D eigenvalue weighted by Gasteiger charge is 2.13. The van der Waals surface area contributed by atoms with E-state index in [-0.39, 0.29) is 6.04 Å². The smallest absolute Gasteiger partial charge is 0.164 e. The molecule has 1 N–H and O–H groups in total. The molecule has 0 aliphatic heterocycles. The van der Waals surface area contributed by atoms with Crippen molar-refractivity contribution in [1.82, 2.24) is 5.32 Å². The minimum Gasteiger partial charge on any atom is -0.496 e. The van der Waals surface area contributed by atoms with Crippen LogP contribution in [0.1, 0.15) is 31.0 Å². The number of hydrogen-bond donors (Lipinski definition) is 1. The van der Waals surface area contributed by atoms with E-state index in [1.54, 1.807) is 21.3 Å². The first-order valence-electron chi connectivity index (χ1n) is 8.37. The molecule has 136 valence electrons. The molecule has 0 spiro atoms. The summed E-state index contributed by atoms with van der Waals surface area (Å²) in [5.41, 5.74) is 2.21. The van der Waals surface area contributed by atoms with Crippen LogP contribution in [0.4, 0.5) is 0 Å². The number of methoxy groups -OCH3 is 3. The van der Waals surface area contributed by atoms with Gasteiger partial charge in [-0.05, 0) is 37.6 Å². The maximum atomic E-state index is 5.48. The first-order chi connectivity index (χ1) is 12.1. The zero-order valence-electron chi connectivity index (χ0n) is 15.6. The normalized spacial score (nSPS) is 11.7. The van der Waals surface area contributed by atoms with Crippen LogP contribution >= 0.6 is 0 Å². The van der Waals surface area contributed by atoms with Crippen LogP contribution in [0.5, 0.6) is 23.0 Å². The van der Waals surface area contributed by atoms with Crippen LogP contribution in [0.25, 0.3) is 0 Å². The molecule has 0 saturated carbocycles. The highest BCUT2D eigenvalue weighted by molar-refractivity contribution is 5.50. The predicted molar refractivity (Wildman–Crippen MR) is 99.0 cm³/mol. The molecule has 1 atom stereocenters. The molecule has 0 amide bonds. The molecule has 2 aromatic carbocycles. The second kappa shape index (κ2) is 9.18. The Kier molecular flexibility index (Phi) is 6.95. The highest BCUT2D eigenvalue weighted by Crippen LogP contribution is 2.34. The Hall–Kier alpha value is -2.40. The molecule has 2 aromatic rings. The number of benzene rings is 2. The molecule has 0 aromatic heterocycles. The maximum absolute atomic E-state index is 5.48. The van der Waals surface area contributed by atoms with Crippen LogP contribution in [0, 0.1) is 0 Å². The summed E-state index contributed by atoms with van der Waals surface area (Å²) in [4.78, 5) is 0. The molecule has 0 fully saturated rings. The van der Waals surface area contributed by atoms with E-state index in [1.165, 1.54) is 5.56 Å². The van der Waals surface area contributed by atoms with Gasteiger partial charge in [0.15, 0.2) is 11.5 Å². The third-order valence-electron chi connectivity index (χ3n) is 4.08. The molecule has 25 heavy (non-hydrogen) atoms. The fourth-order valence-corrected chi connectivity index (χ4v) is 2.63. The summed E-state index contributed by atoms with van der Waals surface area (Å²) in [6.07, 6.45) is 0. The maximum Gasteiger partial charge on any atom is 0.164 e. The van der Waals surface area contributed by atoms with Crippen molar-refractivity contribution in [3.8, 4) is 23.0 Å². The Morgan fingerprint density at radius 1 is 0.880 bits per heavy atom. The minimum atomic E-state index is 0.188. The zero-order valence-corrected chi connectivity index (χ0v) is 15.6. The Bertz CT molecular complexity index is 670. The van der Waals surface area contributed by atoms with Gasteiger partial charge in [0.1, 0.15) is 11.5 Å². The van der Waals surface area contributed by atoms with Crippen molar-refractivity contribution in [3.05, 3.63) is 47.5 Å². The van der Waals surface area contributed by atoms with Gasteiger partial charge in [-0.15, -0.1) is 0 Å². The van der Waals surface area contributed by atoms with Crippen molar-refractivity contribution in [1.29, 1.82) is 0 Å². The molecule has 0 saturated heterocycles. The lowest BCUT2D eigenvalue weighted by molar-refractivity contribution is 0.340. The molecule has 0 bridgehead atoms. The average molecular weight is 345 g/mol. The molecule has 0 aliphatic rings. The van der Waals surface area contributed by atoms with Crippen LogP contribution in [0.2, 0.25) is 0 Å². The summed E-state index contributed by atoms with van der Waals surface area (Å²) in [5.74, 6) is 3.00. The van der Waals surface area contributed by atoms with Crippen molar-refractivity contribution in [2.75, 3.05) is 27.9 Å². The number of hydrogen-bond acceptors (Lipinski definition) is 5. The van der Waals surface area contributed by atoms with Gasteiger partial charge in [0, 0.05) is 24.2 Å². The molecular weight excluding hydrogens is 318 g/mol. The molecular formula is C20H27NO4. The summed E-state index contributed by atoms with van der Waals surface area (Å²) < 4.78 is 21.7. The Morgan fingerprint density at radius 3 is 2.04 bits per heavy atom. The second-order valence-corrected chi connectivity index (χ2v) is 5.62. The first kappa shape index (κ1) is 18.9. The van der Waals surface area contributed by atoms with Gasteiger partial charge in [-0.25, -0.2) is 0 Å². The highest BCUT2D eigenvalue weighted by atomic mass is 16.5. The topological polar surface area (TPSA) is 49.0 Å². The van der Waals surface area contributed by atoms with E-state index in [4.69, 9.17) is 18.9 Å². The quantitative estimate of drug-likeness (QED) is 0.745. The summed E-state index contributed by atoms with van der Waals surface area (Å²) >= 11 is 0. The zero-order chi connectivity index (χ0) is 18.2. The van der Waals surface area contributed by atoms with Crippen LogP contribution in [0.3, 0.4) is 0 Å². The third-order valence-corrected chi connectivity index (χ3v) is 4.08. The fourth-order valence-electron chi connectivity index (χ4n) is 2.63. The lowest BCUT2D eigenvalue weighted by Crippen LogP contribution is -2.18. The molecule has 5 nitrogen and oxygen atoms in total. The summed E-state index contributed by atoms with van der Waals surface area (Å²) in [7, 11) is 4.90. The third kappa shape index (κ3) is 4.79. The average Bonchev–Trinajstić information content (AvgIpc) is 2.66. The second-order valence-electron chi connectivity index (χ2n) is 5.62. The van der Waals surface area contributed by atoms with E-state index < -0.39 is 0 Å². The largest absolute Gasteiger partial charge is 0.496 e. The van der Waals surface area contributed by atoms with Gasteiger partial charge >= 0.3 is 0 Å². The van der Waals surface area contributed by atoms with Crippen molar-refractivity contribution in [2.24, 2.45) is 0 Å². The number of rotatable bonds is 9. The minimum absolute atomic E-state index is 0.188. The van der Waals surface area contributed by atoms with Gasteiger partial charge < -0.3 is 24.3 Å². The number of nitrogens with one attached hydrogen (secondary N) is 1. The van der Waals surface area contributed by atoms with Crippen molar-refractivity contribution >= 4 is 0 Å². The van der Waals surface area contributed by atoms with Crippen LogP contribution < -0.4 is 24.3 Å². The van der Waals surface area contributed by atoms with Crippen LogP contribution in [-0.2, 0) is 6.54 Å². The monoisotopic (exact) mass is 345 g/mol. The summed E-state index contributed by atoms with van der Waals surface area (Å²) in [5, 5.41) is 3.51. The lowest BCUT2D eigenvalue weighted by atomic mass is 10.1. The first-order valence-corrected chi connectivity index (χ1v) is 8.37. The van der Waals surface area contributed by atoms with Crippen molar-refractivity contribution in [3.63, 3.8) is 0 Å².